The highest BCUT2D eigenvalue weighted by Crippen LogP contribution is 2.12. The average Bonchev–Trinajstić information content (AvgIpc) is 2.40. The molecule has 18 heavy (non-hydrogen) atoms. The zero-order valence-corrected chi connectivity index (χ0v) is 11.6. The SMILES string of the molecule is COc1ccc(CCNc2cc(Br)ncn2)cc1. The van der Waals surface area contributed by atoms with E-state index in [0.717, 1.165) is 29.1 Å². The third-order valence-electron chi connectivity index (χ3n) is 2.51. The fraction of sp³-hybridized carbons (Fsp3) is 0.231. The first-order valence-corrected chi connectivity index (χ1v) is 6.41. The summed E-state index contributed by atoms with van der Waals surface area (Å²) in [6.07, 6.45) is 2.46. The Morgan fingerprint density at radius 2 is 2.00 bits per heavy atom. The summed E-state index contributed by atoms with van der Waals surface area (Å²) in [6.45, 7) is 0.829. The monoisotopic (exact) mass is 307 g/mol. The lowest BCUT2D eigenvalue weighted by atomic mass is 10.1. The highest BCUT2D eigenvalue weighted by molar-refractivity contribution is 9.10. The molecule has 0 radical (unpaired) electrons. The van der Waals surface area contributed by atoms with Crippen LogP contribution in [0.4, 0.5) is 5.82 Å². The summed E-state index contributed by atoms with van der Waals surface area (Å²) in [5.41, 5.74) is 1.26. The fourth-order valence-electron chi connectivity index (χ4n) is 1.56. The van der Waals surface area contributed by atoms with Crippen molar-refractivity contribution in [2.75, 3.05) is 19.0 Å². The second-order valence-corrected chi connectivity index (χ2v) is 4.56. The van der Waals surface area contributed by atoms with Crippen molar-refractivity contribution in [2.45, 2.75) is 6.42 Å². The van der Waals surface area contributed by atoms with E-state index in [0.29, 0.717) is 0 Å². The quantitative estimate of drug-likeness (QED) is 0.863. The molecule has 0 bridgehead atoms. The van der Waals surface area contributed by atoms with E-state index in [2.05, 4.69) is 43.3 Å². The molecule has 1 heterocycles. The summed E-state index contributed by atoms with van der Waals surface area (Å²) in [7, 11) is 1.67. The van der Waals surface area contributed by atoms with Crippen molar-refractivity contribution in [1.29, 1.82) is 0 Å². The minimum Gasteiger partial charge on any atom is -0.497 e. The van der Waals surface area contributed by atoms with E-state index in [4.69, 9.17) is 4.74 Å². The molecule has 94 valence electrons. The van der Waals surface area contributed by atoms with Crippen molar-refractivity contribution in [3.63, 3.8) is 0 Å². The smallest absolute Gasteiger partial charge is 0.130 e. The zero-order chi connectivity index (χ0) is 12.8. The molecule has 1 aromatic carbocycles. The van der Waals surface area contributed by atoms with Gasteiger partial charge in [-0.1, -0.05) is 12.1 Å². The topological polar surface area (TPSA) is 47.0 Å². The Morgan fingerprint density at radius 1 is 1.22 bits per heavy atom. The van der Waals surface area contributed by atoms with Gasteiger partial charge in [-0.3, -0.25) is 0 Å². The maximum Gasteiger partial charge on any atom is 0.130 e. The number of halogens is 1. The number of nitrogens with one attached hydrogen (secondary N) is 1. The molecule has 0 fully saturated rings. The maximum absolute atomic E-state index is 5.12. The fourth-order valence-corrected chi connectivity index (χ4v) is 1.87. The van der Waals surface area contributed by atoms with Crippen LogP contribution in [0.25, 0.3) is 0 Å². The Hall–Kier alpha value is -1.62. The van der Waals surface area contributed by atoms with Crippen LogP contribution in [0.1, 0.15) is 5.56 Å². The second kappa shape index (κ2) is 6.35. The highest BCUT2D eigenvalue weighted by Gasteiger charge is 1.97. The average molecular weight is 308 g/mol. The van der Waals surface area contributed by atoms with Gasteiger partial charge >= 0.3 is 0 Å². The summed E-state index contributed by atoms with van der Waals surface area (Å²) in [5.74, 6) is 1.71. The Bertz CT molecular complexity index is 502. The minimum absolute atomic E-state index is 0.782. The number of anilines is 1. The summed E-state index contributed by atoms with van der Waals surface area (Å²) in [6, 6.07) is 9.92. The molecule has 0 aliphatic carbocycles. The van der Waals surface area contributed by atoms with Gasteiger partial charge in [0, 0.05) is 12.6 Å². The summed E-state index contributed by atoms with van der Waals surface area (Å²) in [5, 5.41) is 3.25. The summed E-state index contributed by atoms with van der Waals surface area (Å²) >= 11 is 3.31. The highest BCUT2D eigenvalue weighted by atomic mass is 79.9. The van der Waals surface area contributed by atoms with E-state index >= 15 is 0 Å². The number of nitrogens with zero attached hydrogens (tertiary/aromatic N) is 2. The number of benzene rings is 1. The van der Waals surface area contributed by atoms with Crippen LogP contribution in [0.3, 0.4) is 0 Å². The van der Waals surface area contributed by atoms with Crippen LogP contribution >= 0.6 is 15.9 Å². The third-order valence-corrected chi connectivity index (χ3v) is 2.95. The maximum atomic E-state index is 5.12. The van der Waals surface area contributed by atoms with Gasteiger partial charge in [-0.2, -0.15) is 0 Å². The van der Waals surface area contributed by atoms with Crippen LogP contribution in [0.5, 0.6) is 5.75 Å². The molecule has 2 aromatic rings. The molecule has 0 aliphatic rings. The van der Waals surface area contributed by atoms with Crippen molar-refractivity contribution >= 4 is 21.7 Å². The number of ether oxygens (including phenoxy) is 1. The predicted molar refractivity (Wildman–Crippen MR) is 74.9 cm³/mol. The summed E-state index contributed by atoms with van der Waals surface area (Å²) in [4.78, 5) is 8.10. The molecule has 1 aromatic heterocycles. The van der Waals surface area contributed by atoms with E-state index in [1.807, 2.05) is 18.2 Å². The summed E-state index contributed by atoms with van der Waals surface area (Å²) < 4.78 is 5.90. The van der Waals surface area contributed by atoms with Crippen LogP contribution in [0.15, 0.2) is 41.3 Å². The second-order valence-electron chi connectivity index (χ2n) is 3.75. The van der Waals surface area contributed by atoms with Crippen molar-refractivity contribution in [3.05, 3.63) is 46.8 Å². The molecular formula is C13H14BrN3O. The van der Waals surface area contributed by atoms with Crippen LogP contribution < -0.4 is 10.1 Å². The lowest BCUT2D eigenvalue weighted by molar-refractivity contribution is 0.414. The number of aromatic nitrogens is 2. The Morgan fingerprint density at radius 3 is 2.67 bits per heavy atom. The lowest BCUT2D eigenvalue weighted by Gasteiger charge is -2.06. The molecule has 0 aliphatic heterocycles. The van der Waals surface area contributed by atoms with Crippen LogP contribution in [-0.2, 0) is 6.42 Å². The Kier molecular flexibility index (Phi) is 4.52. The molecule has 4 nitrogen and oxygen atoms in total. The van der Waals surface area contributed by atoms with Crippen LogP contribution in [0, 0.1) is 0 Å². The minimum atomic E-state index is 0.782. The van der Waals surface area contributed by atoms with Crippen molar-refractivity contribution in [2.24, 2.45) is 0 Å². The lowest BCUT2D eigenvalue weighted by Crippen LogP contribution is -2.06. The van der Waals surface area contributed by atoms with E-state index in [1.54, 1.807) is 7.11 Å². The van der Waals surface area contributed by atoms with Crippen LogP contribution in [0.2, 0.25) is 0 Å². The van der Waals surface area contributed by atoms with Gasteiger partial charge < -0.3 is 10.1 Å². The molecule has 2 rings (SSSR count). The molecular weight excluding hydrogens is 294 g/mol. The number of rotatable bonds is 5. The normalized spacial score (nSPS) is 10.1. The van der Waals surface area contributed by atoms with Gasteiger partial charge in [0.2, 0.25) is 0 Å². The van der Waals surface area contributed by atoms with Crippen LogP contribution in [-0.4, -0.2) is 23.6 Å². The zero-order valence-electron chi connectivity index (χ0n) is 10.1. The first-order valence-electron chi connectivity index (χ1n) is 5.62. The van der Waals surface area contributed by atoms with Gasteiger partial charge in [-0.25, -0.2) is 9.97 Å². The van der Waals surface area contributed by atoms with Gasteiger partial charge in [0.15, 0.2) is 0 Å². The van der Waals surface area contributed by atoms with Gasteiger partial charge in [-0.15, -0.1) is 0 Å². The largest absolute Gasteiger partial charge is 0.497 e. The molecule has 0 amide bonds. The standard InChI is InChI=1S/C13H14BrN3O/c1-18-11-4-2-10(3-5-11)6-7-15-13-8-12(14)16-9-17-13/h2-5,8-9H,6-7H2,1H3,(H,15,16,17). The number of hydrogen-bond donors (Lipinski definition) is 1. The Balaban J connectivity index is 1.84. The third kappa shape index (κ3) is 3.70. The van der Waals surface area contributed by atoms with E-state index in [-0.39, 0.29) is 0 Å². The van der Waals surface area contributed by atoms with Crippen molar-refractivity contribution < 1.29 is 4.74 Å². The van der Waals surface area contributed by atoms with Gasteiger partial charge in [0.25, 0.3) is 0 Å². The molecule has 0 spiro atoms. The van der Waals surface area contributed by atoms with E-state index in [1.165, 1.54) is 11.9 Å². The Labute approximate surface area is 115 Å². The molecule has 1 N–H and O–H groups in total. The first-order chi connectivity index (χ1) is 8.78. The molecule has 0 atom stereocenters. The van der Waals surface area contributed by atoms with Crippen molar-refractivity contribution in [3.8, 4) is 5.75 Å². The van der Waals surface area contributed by atoms with E-state index in [9.17, 15) is 0 Å². The molecule has 5 heteroatoms. The van der Waals surface area contributed by atoms with Gasteiger partial charge in [-0.05, 0) is 40.0 Å². The first kappa shape index (κ1) is 12.8. The molecule has 0 saturated heterocycles. The molecule has 0 saturated carbocycles. The van der Waals surface area contributed by atoms with Gasteiger partial charge in [0.1, 0.15) is 22.5 Å². The number of hydrogen-bond acceptors (Lipinski definition) is 4. The van der Waals surface area contributed by atoms with E-state index < -0.39 is 0 Å². The number of methoxy groups -OCH3 is 1. The molecule has 0 unspecified atom stereocenters. The predicted octanol–water partition coefficient (Wildman–Crippen LogP) is 2.90. The van der Waals surface area contributed by atoms with Gasteiger partial charge in [0.05, 0.1) is 7.11 Å². The van der Waals surface area contributed by atoms with Crippen molar-refractivity contribution in [1.82, 2.24) is 9.97 Å².